The molecule has 9 heteroatoms. The second-order valence-corrected chi connectivity index (χ2v) is 4.12. The van der Waals surface area contributed by atoms with Crippen LogP contribution in [0.2, 0.25) is 0 Å². The van der Waals surface area contributed by atoms with Gasteiger partial charge in [0.05, 0.1) is 11.3 Å². The first-order valence-electron chi connectivity index (χ1n) is 5.76. The predicted octanol–water partition coefficient (Wildman–Crippen LogP) is 2.14. The van der Waals surface area contributed by atoms with Crippen molar-refractivity contribution in [2.45, 2.75) is 19.2 Å². The normalized spacial score (nSPS) is 13.0. The van der Waals surface area contributed by atoms with E-state index in [4.69, 9.17) is 9.84 Å². The third-order valence-corrected chi connectivity index (χ3v) is 2.54. The number of nitrogens with zero attached hydrogens (tertiary/aromatic N) is 3. The average molecular weight is 301 g/mol. The molecular formula is C12H10F3N3O3. The van der Waals surface area contributed by atoms with Crippen LogP contribution in [0.1, 0.15) is 12.5 Å². The Balaban J connectivity index is 2.24. The Morgan fingerprint density at radius 2 is 2.14 bits per heavy atom. The van der Waals surface area contributed by atoms with Gasteiger partial charge in [-0.05, 0) is 25.1 Å². The zero-order chi connectivity index (χ0) is 15.6. The summed E-state index contributed by atoms with van der Waals surface area (Å²) in [6.45, 7) is 1.29. The van der Waals surface area contributed by atoms with Crippen molar-refractivity contribution in [1.29, 1.82) is 0 Å². The van der Waals surface area contributed by atoms with E-state index in [1.54, 1.807) is 0 Å². The molecule has 0 amide bonds. The highest BCUT2D eigenvalue weighted by atomic mass is 19.4. The number of hydrogen-bond donors (Lipinski definition) is 1. The number of rotatable bonds is 4. The minimum Gasteiger partial charge on any atom is -0.479 e. The van der Waals surface area contributed by atoms with Gasteiger partial charge in [0.15, 0.2) is 6.10 Å². The molecule has 0 saturated heterocycles. The summed E-state index contributed by atoms with van der Waals surface area (Å²) in [5.41, 5.74) is -0.688. The molecule has 1 aromatic heterocycles. The topological polar surface area (TPSA) is 77.2 Å². The lowest BCUT2D eigenvalue weighted by atomic mass is 10.2. The molecule has 112 valence electrons. The highest BCUT2D eigenvalue weighted by molar-refractivity contribution is 5.72. The van der Waals surface area contributed by atoms with Gasteiger partial charge in [-0.2, -0.15) is 18.2 Å². The summed E-state index contributed by atoms with van der Waals surface area (Å²) in [6.07, 6.45) is -4.49. The SMILES string of the molecule is CC(Oc1ncn(-c2cccc(C(F)(F)F)c2)n1)C(=O)O. The standard InChI is InChI=1S/C12H10F3N3O3/c1-7(10(19)20)21-11-16-6-18(17-11)9-4-2-3-8(5-9)12(13,14)15/h2-7H,1H3,(H,19,20). The Labute approximate surface area is 116 Å². The van der Waals surface area contributed by atoms with E-state index in [0.29, 0.717) is 0 Å². The molecule has 0 bridgehead atoms. The van der Waals surface area contributed by atoms with Gasteiger partial charge in [0.25, 0.3) is 0 Å². The fourth-order valence-corrected chi connectivity index (χ4v) is 1.46. The van der Waals surface area contributed by atoms with Gasteiger partial charge in [0.1, 0.15) is 6.33 Å². The first kappa shape index (κ1) is 14.8. The van der Waals surface area contributed by atoms with E-state index >= 15 is 0 Å². The third-order valence-electron chi connectivity index (χ3n) is 2.54. The molecule has 0 saturated carbocycles. The van der Waals surface area contributed by atoms with Crippen molar-refractivity contribution in [2.75, 3.05) is 0 Å². The van der Waals surface area contributed by atoms with Gasteiger partial charge in [-0.1, -0.05) is 6.07 Å². The second-order valence-electron chi connectivity index (χ2n) is 4.12. The summed E-state index contributed by atoms with van der Waals surface area (Å²) in [5.74, 6) is -1.20. The van der Waals surface area contributed by atoms with Gasteiger partial charge in [-0.15, -0.1) is 5.10 Å². The van der Waals surface area contributed by atoms with Crippen molar-refractivity contribution < 1.29 is 27.8 Å². The van der Waals surface area contributed by atoms with Crippen molar-refractivity contribution in [3.63, 3.8) is 0 Å². The van der Waals surface area contributed by atoms with Gasteiger partial charge in [0, 0.05) is 0 Å². The molecule has 0 aliphatic heterocycles. The fourth-order valence-electron chi connectivity index (χ4n) is 1.46. The number of benzene rings is 1. The van der Waals surface area contributed by atoms with Crippen LogP contribution in [-0.4, -0.2) is 31.9 Å². The maximum Gasteiger partial charge on any atom is 0.416 e. The molecule has 6 nitrogen and oxygen atoms in total. The summed E-state index contributed by atoms with van der Waals surface area (Å²) < 4.78 is 43.8. The van der Waals surface area contributed by atoms with Gasteiger partial charge < -0.3 is 9.84 Å². The fraction of sp³-hybridized carbons (Fsp3) is 0.250. The molecule has 0 fully saturated rings. The molecular weight excluding hydrogens is 291 g/mol. The number of aliphatic carboxylic acids is 1. The van der Waals surface area contributed by atoms with Crippen LogP contribution in [0.15, 0.2) is 30.6 Å². The molecule has 1 heterocycles. The summed E-state index contributed by atoms with van der Waals surface area (Å²) in [7, 11) is 0. The zero-order valence-electron chi connectivity index (χ0n) is 10.7. The molecule has 1 N–H and O–H groups in total. The lowest BCUT2D eigenvalue weighted by molar-refractivity contribution is -0.144. The van der Waals surface area contributed by atoms with E-state index in [1.165, 1.54) is 19.1 Å². The van der Waals surface area contributed by atoms with Crippen molar-refractivity contribution >= 4 is 5.97 Å². The van der Waals surface area contributed by atoms with E-state index in [1.807, 2.05) is 0 Å². The molecule has 0 radical (unpaired) electrons. The molecule has 1 atom stereocenters. The monoisotopic (exact) mass is 301 g/mol. The molecule has 21 heavy (non-hydrogen) atoms. The van der Waals surface area contributed by atoms with Crippen LogP contribution in [0.25, 0.3) is 5.69 Å². The number of halogens is 3. The number of ether oxygens (including phenoxy) is 1. The van der Waals surface area contributed by atoms with E-state index in [0.717, 1.165) is 23.1 Å². The van der Waals surface area contributed by atoms with Crippen molar-refractivity contribution in [3.05, 3.63) is 36.2 Å². The van der Waals surface area contributed by atoms with Crippen molar-refractivity contribution in [3.8, 4) is 11.7 Å². The number of carboxylic acids is 1. The molecule has 2 rings (SSSR count). The molecule has 2 aromatic rings. The van der Waals surface area contributed by atoms with E-state index in [-0.39, 0.29) is 11.7 Å². The zero-order valence-corrected chi connectivity index (χ0v) is 10.7. The maximum absolute atomic E-state index is 12.6. The summed E-state index contributed by atoms with van der Waals surface area (Å²) in [4.78, 5) is 14.3. The Kier molecular flexibility index (Phi) is 3.83. The van der Waals surface area contributed by atoms with Crippen molar-refractivity contribution in [1.82, 2.24) is 14.8 Å². The molecule has 1 aromatic carbocycles. The number of hydrogen-bond acceptors (Lipinski definition) is 4. The highest BCUT2D eigenvalue weighted by Crippen LogP contribution is 2.30. The van der Waals surface area contributed by atoms with Crippen LogP contribution in [0.3, 0.4) is 0 Å². The highest BCUT2D eigenvalue weighted by Gasteiger charge is 2.30. The lowest BCUT2D eigenvalue weighted by Gasteiger charge is -2.08. The summed E-state index contributed by atoms with van der Waals surface area (Å²) in [5, 5.41) is 12.5. The average Bonchev–Trinajstić information content (AvgIpc) is 2.86. The summed E-state index contributed by atoms with van der Waals surface area (Å²) >= 11 is 0. The van der Waals surface area contributed by atoms with Crippen LogP contribution in [0.5, 0.6) is 6.01 Å². The van der Waals surface area contributed by atoms with Gasteiger partial charge in [-0.25, -0.2) is 9.48 Å². The van der Waals surface area contributed by atoms with Gasteiger partial charge >= 0.3 is 18.2 Å². The number of alkyl halides is 3. The Bertz CT molecular complexity index is 654. The van der Waals surface area contributed by atoms with Crippen LogP contribution in [-0.2, 0) is 11.0 Å². The summed E-state index contributed by atoms with van der Waals surface area (Å²) in [6, 6.07) is 4.25. The smallest absolute Gasteiger partial charge is 0.416 e. The minimum absolute atomic E-state index is 0.134. The quantitative estimate of drug-likeness (QED) is 0.936. The number of aromatic nitrogens is 3. The van der Waals surface area contributed by atoms with Crippen LogP contribution >= 0.6 is 0 Å². The Morgan fingerprint density at radius 3 is 2.76 bits per heavy atom. The number of carboxylic acid groups (broad SMARTS) is 1. The second kappa shape index (κ2) is 5.43. The Hall–Kier alpha value is -2.58. The van der Waals surface area contributed by atoms with Gasteiger partial charge in [0.2, 0.25) is 0 Å². The first-order valence-corrected chi connectivity index (χ1v) is 5.76. The third kappa shape index (κ3) is 3.50. The van der Waals surface area contributed by atoms with E-state index in [9.17, 15) is 18.0 Å². The largest absolute Gasteiger partial charge is 0.479 e. The maximum atomic E-state index is 12.6. The molecule has 0 spiro atoms. The van der Waals surface area contributed by atoms with Gasteiger partial charge in [-0.3, -0.25) is 0 Å². The van der Waals surface area contributed by atoms with Crippen LogP contribution < -0.4 is 4.74 Å². The molecule has 0 aliphatic rings. The Morgan fingerprint density at radius 1 is 1.43 bits per heavy atom. The van der Waals surface area contributed by atoms with Crippen molar-refractivity contribution in [2.24, 2.45) is 0 Å². The molecule has 1 unspecified atom stereocenters. The van der Waals surface area contributed by atoms with Crippen LogP contribution in [0, 0.1) is 0 Å². The predicted molar refractivity (Wildman–Crippen MR) is 64.1 cm³/mol. The van der Waals surface area contributed by atoms with E-state index < -0.39 is 23.8 Å². The lowest BCUT2D eigenvalue weighted by Crippen LogP contribution is -2.23. The number of carbonyl (C=O) groups is 1. The van der Waals surface area contributed by atoms with Crippen LogP contribution in [0.4, 0.5) is 13.2 Å². The minimum atomic E-state index is -4.46. The molecule has 0 aliphatic carbocycles. The van der Waals surface area contributed by atoms with E-state index in [2.05, 4.69) is 10.1 Å². The first-order chi connectivity index (χ1) is 9.77.